The third-order valence-corrected chi connectivity index (χ3v) is 4.35. The molecule has 0 amide bonds. The van der Waals surface area contributed by atoms with Crippen LogP contribution in [0.2, 0.25) is 0 Å². The average Bonchev–Trinajstić information content (AvgIpc) is 2.32. The van der Waals surface area contributed by atoms with Gasteiger partial charge in [-0.05, 0) is 0 Å². The molecule has 1 rings (SSSR count). The zero-order valence-corrected chi connectivity index (χ0v) is 26.3. The van der Waals surface area contributed by atoms with Gasteiger partial charge in [0, 0.05) is 154 Å². The van der Waals surface area contributed by atoms with Crippen molar-refractivity contribution in [2.75, 3.05) is 0 Å². The van der Waals surface area contributed by atoms with Gasteiger partial charge in [0.15, 0.2) is 0 Å². The van der Waals surface area contributed by atoms with Crippen LogP contribution in [-0.2, 0) is 27.3 Å². The Labute approximate surface area is 279 Å². The van der Waals surface area contributed by atoms with E-state index in [1.165, 1.54) is 0 Å². The number of phosphoric acid groups is 3. The zero-order chi connectivity index (χ0) is 19.1. The Balaban J connectivity index is -0.00000192. The molecule has 0 aromatic heterocycles. The van der Waals surface area contributed by atoms with Crippen LogP contribution >= 0.6 is 23.5 Å². The molecule has 0 saturated heterocycles. The largest absolute Gasteiger partial charge is 0.470 e. The van der Waals surface area contributed by atoms with Gasteiger partial charge >= 0.3 is 23.5 Å². The fourth-order valence-electron chi connectivity index (χ4n) is 2.01. The van der Waals surface area contributed by atoms with Crippen molar-refractivity contribution in [2.45, 2.75) is 36.6 Å². The van der Waals surface area contributed by atoms with Crippen LogP contribution in [-0.4, -0.2) is 235 Å². The second kappa shape index (κ2) is 14.5. The molecule has 15 nitrogen and oxygen atoms in total. The van der Waals surface area contributed by atoms with Crippen molar-refractivity contribution < 1.29 is 71.9 Å². The van der Waals surface area contributed by atoms with Crippen molar-refractivity contribution >= 4 is 178 Å². The third-order valence-electron chi connectivity index (χ3n) is 2.80. The van der Waals surface area contributed by atoms with E-state index in [1.54, 1.807) is 0 Å². The van der Waals surface area contributed by atoms with E-state index in [0.29, 0.717) is 0 Å². The van der Waals surface area contributed by atoms with Gasteiger partial charge in [-0.2, -0.15) is 0 Å². The van der Waals surface area contributed by atoms with E-state index in [2.05, 4.69) is 13.6 Å². The quantitative estimate of drug-likeness (QED) is 0.114. The number of phosphoric ester groups is 3. The van der Waals surface area contributed by atoms with Crippen LogP contribution in [0.3, 0.4) is 0 Å². The Hall–Kier alpha value is 5.12. The van der Waals surface area contributed by atoms with Gasteiger partial charge in [-0.25, -0.2) is 13.7 Å². The number of hydrogen-bond donors (Lipinski definition) is 9. The average molecular weight is 537 g/mol. The van der Waals surface area contributed by atoms with Gasteiger partial charge < -0.3 is 44.7 Å². The fraction of sp³-hybridized carbons (Fsp3) is 1.00. The van der Waals surface area contributed by atoms with Crippen LogP contribution in [0.5, 0.6) is 0 Å². The van der Waals surface area contributed by atoms with E-state index >= 15 is 0 Å². The molecular weight excluding hydrogens is 522 g/mol. The molecule has 9 N–H and O–H groups in total. The van der Waals surface area contributed by atoms with E-state index in [1.807, 2.05) is 0 Å². The number of aliphatic hydroxyl groups is 3. The molecule has 1 aliphatic carbocycles. The third kappa shape index (κ3) is 13.6. The first-order chi connectivity index (χ1) is 10.5. The summed E-state index contributed by atoms with van der Waals surface area (Å²) in [6.45, 7) is 0. The summed E-state index contributed by atoms with van der Waals surface area (Å²) in [5, 5.41) is 29.0. The Bertz CT molecular complexity index is 549. The molecule has 2 unspecified atom stereocenters. The second-order valence-electron chi connectivity index (χ2n) is 4.65. The molecule has 6 atom stereocenters. The topological polar surface area (TPSA) is 261 Å². The molecule has 0 aromatic carbocycles. The van der Waals surface area contributed by atoms with E-state index < -0.39 is 60.1 Å². The zero-order valence-electron chi connectivity index (χ0n) is 14.3. The minimum atomic E-state index is -5.48. The SMILES string of the molecule is O=P(O)(O)OC1[C@@H](OP(=O)(O)O)[C@@H](O)C(O)[C@H](O)[C@H]1OP(=O)(O)O.[K].[K].[K]. The van der Waals surface area contributed by atoms with Gasteiger partial charge in [0.2, 0.25) is 0 Å². The molecular formula is C6H15K3O15P3. The molecule has 21 heteroatoms. The van der Waals surface area contributed by atoms with E-state index in [4.69, 9.17) is 29.4 Å². The van der Waals surface area contributed by atoms with E-state index in [0.717, 1.165) is 0 Å². The predicted molar refractivity (Wildman–Crippen MR) is 86.0 cm³/mol. The first-order valence-electron chi connectivity index (χ1n) is 5.78. The predicted octanol–water partition coefficient (Wildman–Crippen LogP) is -4.63. The standard InChI is InChI=1S/C6H15O15P3.3K/c7-1-2(8)4(19-22(10,11)12)6(21-24(16,17)18)5(3(1)9)20-23(13,14)15;;;/h1-9H,(H2,10,11,12)(H2,13,14,15)(H2,16,17,18);;;/t1?,2-,3-,4-,5+,6?;;;/m0.../s1. The summed E-state index contributed by atoms with van der Waals surface area (Å²) < 4.78 is 45.0. The summed E-state index contributed by atoms with van der Waals surface area (Å²) in [5.41, 5.74) is 0. The van der Waals surface area contributed by atoms with Crippen LogP contribution in [0.15, 0.2) is 0 Å². The summed E-state index contributed by atoms with van der Waals surface area (Å²) in [4.78, 5) is 52.7. The maximum Gasteiger partial charge on any atom is 0.470 e. The molecule has 1 aliphatic rings. The minimum Gasteiger partial charge on any atom is -0.387 e. The van der Waals surface area contributed by atoms with Crippen molar-refractivity contribution in [2.24, 2.45) is 0 Å². The van der Waals surface area contributed by atoms with Crippen LogP contribution < -0.4 is 0 Å². The summed E-state index contributed by atoms with van der Waals surface area (Å²) in [6, 6.07) is 0. The van der Waals surface area contributed by atoms with Gasteiger partial charge in [0.25, 0.3) is 0 Å². The van der Waals surface area contributed by atoms with Gasteiger partial charge in [-0.3, -0.25) is 13.6 Å². The number of rotatable bonds is 6. The Kier molecular flexibility index (Phi) is 19.7. The second-order valence-corrected chi connectivity index (χ2v) is 8.23. The van der Waals surface area contributed by atoms with Crippen molar-refractivity contribution in [1.82, 2.24) is 0 Å². The van der Waals surface area contributed by atoms with E-state index in [9.17, 15) is 29.0 Å². The molecule has 1 saturated carbocycles. The summed E-state index contributed by atoms with van der Waals surface area (Å²) in [6.07, 6.45) is -14.3. The van der Waals surface area contributed by atoms with Crippen LogP contribution in [0.4, 0.5) is 0 Å². The molecule has 0 aromatic rings. The monoisotopic (exact) mass is 537 g/mol. The van der Waals surface area contributed by atoms with Gasteiger partial charge in [0.1, 0.15) is 36.6 Å². The molecule has 0 bridgehead atoms. The normalized spacial score (nSPS) is 31.9. The first kappa shape index (κ1) is 36.7. The van der Waals surface area contributed by atoms with Crippen molar-refractivity contribution in [1.29, 1.82) is 0 Å². The smallest absolute Gasteiger partial charge is 0.387 e. The molecule has 1 fully saturated rings. The van der Waals surface area contributed by atoms with E-state index in [-0.39, 0.29) is 154 Å². The maximum absolute atomic E-state index is 11.0. The molecule has 3 radical (unpaired) electrons. The molecule has 0 aliphatic heterocycles. The molecule has 147 valence electrons. The van der Waals surface area contributed by atoms with Gasteiger partial charge in [-0.15, -0.1) is 0 Å². The molecule has 0 heterocycles. The van der Waals surface area contributed by atoms with Gasteiger partial charge in [-0.1, -0.05) is 0 Å². The maximum atomic E-state index is 11.0. The number of aliphatic hydroxyl groups excluding tert-OH is 3. The van der Waals surface area contributed by atoms with Crippen LogP contribution in [0, 0.1) is 0 Å². The van der Waals surface area contributed by atoms with Crippen LogP contribution in [0.25, 0.3) is 0 Å². The van der Waals surface area contributed by atoms with Crippen molar-refractivity contribution in [3.63, 3.8) is 0 Å². The summed E-state index contributed by atoms with van der Waals surface area (Å²) in [5.74, 6) is 0. The summed E-state index contributed by atoms with van der Waals surface area (Å²) in [7, 11) is -16.3. The van der Waals surface area contributed by atoms with Crippen molar-refractivity contribution in [3.05, 3.63) is 0 Å². The fourth-order valence-corrected chi connectivity index (χ4v) is 3.69. The Morgan fingerprint density at radius 3 is 0.926 bits per heavy atom. The Morgan fingerprint density at radius 1 is 0.481 bits per heavy atom. The Morgan fingerprint density at radius 2 is 0.704 bits per heavy atom. The minimum absolute atomic E-state index is 0. The van der Waals surface area contributed by atoms with Crippen molar-refractivity contribution in [3.8, 4) is 0 Å². The van der Waals surface area contributed by atoms with Gasteiger partial charge in [0.05, 0.1) is 0 Å². The summed E-state index contributed by atoms with van der Waals surface area (Å²) >= 11 is 0. The molecule has 0 spiro atoms. The number of hydrogen-bond acceptors (Lipinski definition) is 9. The van der Waals surface area contributed by atoms with Crippen LogP contribution in [0.1, 0.15) is 0 Å². The molecule has 27 heavy (non-hydrogen) atoms. The first-order valence-corrected chi connectivity index (χ1v) is 10.4.